The van der Waals surface area contributed by atoms with E-state index in [1.807, 2.05) is 17.9 Å². The van der Waals surface area contributed by atoms with Crippen molar-refractivity contribution in [1.29, 1.82) is 0 Å². The van der Waals surface area contributed by atoms with Crippen LogP contribution in [0.5, 0.6) is 0 Å². The van der Waals surface area contributed by atoms with Gasteiger partial charge in [0.1, 0.15) is 4.88 Å². The molecule has 5 nitrogen and oxygen atoms in total. The van der Waals surface area contributed by atoms with Gasteiger partial charge in [0.15, 0.2) is 0 Å². The summed E-state index contributed by atoms with van der Waals surface area (Å²) in [7, 11) is 0. The standard InChI is InChI=1S/C25H33N3O2S/c1-19-22(31-18-26-19)23(29)27-16-11-21(12-17-27)25(2)13-6-7-14-28(24(25)30)15-10-20-8-4-3-5-9-20/h3-5,8-9,18,21H,6-7,10-17H2,1-2H3/t25-/m0/s1. The fourth-order valence-corrected chi connectivity index (χ4v) is 6.01. The van der Waals surface area contributed by atoms with Gasteiger partial charge in [-0.15, -0.1) is 11.3 Å². The zero-order valence-corrected chi connectivity index (χ0v) is 19.5. The van der Waals surface area contributed by atoms with E-state index in [-0.39, 0.29) is 11.3 Å². The first-order valence-electron chi connectivity index (χ1n) is 11.5. The molecule has 1 atom stereocenters. The lowest BCUT2D eigenvalue weighted by molar-refractivity contribution is -0.144. The smallest absolute Gasteiger partial charge is 0.265 e. The van der Waals surface area contributed by atoms with Gasteiger partial charge in [-0.05, 0) is 50.5 Å². The number of carbonyl (C=O) groups is 2. The van der Waals surface area contributed by atoms with Gasteiger partial charge in [0.25, 0.3) is 5.91 Å². The molecule has 0 bridgehead atoms. The average molecular weight is 440 g/mol. The van der Waals surface area contributed by atoms with E-state index in [1.54, 1.807) is 5.51 Å². The highest BCUT2D eigenvalue weighted by atomic mass is 32.1. The van der Waals surface area contributed by atoms with Crippen molar-refractivity contribution in [2.45, 2.75) is 52.4 Å². The van der Waals surface area contributed by atoms with E-state index in [0.717, 1.165) is 75.3 Å². The highest BCUT2D eigenvalue weighted by Gasteiger charge is 2.45. The second-order valence-corrected chi connectivity index (χ2v) is 10.1. The highest BCUT2D eigenvalue weighted by molar-refractivity contribution is 7.11. The maximum Gasteiger partial charge on any atom is 0.265 e. The van der Waals surface area contributed by atoms with Crippen LogP contribution in [0.15, 0.2) is 35.8 Å². The summed E-state index contributed by atoms with van der Waals surface area (Å²) in [5.41, 5.74) is 3.52. The Bertz CT molecular complexity index is 905. The zero-order chi connectivity index (χ0) is 21.8. The summed E-state index contributed by atoms with van der Waals surface area (Å²) in [4.78, 5) is 35.6. The number of rotatable bonds is 5. The lowest BCUT2D eigenvalue weighted by Gasteiger charge is -2.43. The fraction of sp³-hybridized carbons (Fsp3) is 0.560. The van der Waals surface area contributed by atoms with Crippen molar-refractivity contribution in [3.8, 4) is 0 Å². The van der Waals surface area contributed by atoms with E-state index >= 15 is 0 Å². The number of aryl methyl sites for hydroxylation is 1. The largest absolute Gasteiger partial charge is 0.342 e. The molecule has 0 N–H and O–H groups in total. The maximum atomic E-state index is 13.7. The Labute approximate surface area is 189 Å². The van der Waals surface area contributed by atoms with Crippen LogP contribution in [0.3, 0.4) is 0 Å². The second-order valence-electron chi connectivity index (χ2n) is 9.24. The zero-order valence-electron chi connectivity index (χ0n) is 18.7. The molecule has 2 aliphatic rings. The van der Waals surface area contributed by atoms with Gasteiger partial charge in [-0.2, -0.15) is 0 Å². The number of carbonyl (C=O) groups excluding carboxylic acids is 2. The predicted octanol–water partition coefficient (Wildman–Crippen LogP) is 4.57. The number of thiazole rings is 1. The third-order valence-corrected chi connectivity index (χ3v) is 8.20. The Morgan fingerprint density at radius 3 is 2.58 bits per heavy atom. The lowest BCUT2D eigenvalue weighted by atomic mass is 9.69. The number of benzene rings is 1. The molecular formula is C25H33N3O2S. The third kappa shape index (κ3) is 4.69. The first-order valence-corrected chi connectivity index (χ1v) is 12.4. The van der Waals surface area contributed by atoms with E-state index < -0.39 is 0 Å². The van der Waals surface area contributed by atoms with Gasteiger partial charge >= 0.3 is 0 Å². The average Bonchev–Trinajstić information content (AvgIpc) is 3.17. The van der Waals surface area contributed by atoms with Crippen LogP contribution in [0.1, 0.15) is 60.0 Å². The minimum absolute atomic E-state index is 0.0975. The number of hydrogen-bond acceptors (Lipinski definition) is 4. The topological polar surface area (TPSA) is 53.5 Å². The number of aromatic nitrogens is 1. The maximum absolute atomic E-state index is 13.7. The number of likely N-dealkylation sites (tertiary alicyclic amines) is 2. The van der Waals surface area contributed by atoms with Gasteiger partial charge < -0.3 is 9.80 Å². The van der Waals surface area contributed by atoms with Crippen molar-refractivity contribution in [1.82, 2.24) is 14.8 Å². The summed E-state index contributed by atoms with van der Waals surface area (Å²) in [5.74, 6) is 0.758. The van der Waals surface area contributed by atoms with Crippen LogP contribution in [0, 0.1) is 18.3 Å². The van der Waals surface area contributed by atoms with Crippen LogP contribution < -0.4 is 0 Å². The number of nitrogens with zero attached hydrogens (tertiary/aromatic N) is 3. The SMILES string of the molecule is Cc1ncsc1C(=O)N1CCC([C@]2(C)CCCCN(CCc3ccccc3)C2=O)CC1. The van der Waals surface area contributed by atoms with Gasteiger partial charge in [0, 0.05) is 31.6 Å². The Balaban J connectivity index is 1.40. The van der Waals surface area contributed by atoms with Gasteiger partial charge in [-0.1, -0.05) is 43.7 Å². The van der Waals surface area contributed by atoms with E-state index in [0.29, 0.717) is 11.8 Å². The van der Waals surface area contributed by atoms with Crippen molar-refractivity contribution in [2.24, 2.45) is 11.3 Å². The summed E-state index contributed by atoms with van der Waals surface area (Å²) in [6.45, 7) is 7.20. The lowest BCUT2D eigenvalue weighted by Crippen LogP contribution is -2.49. The number of hydrogen-bond donors (Lipinski definition) is 0. The van der Waals surface area contributed by atoms with Crippen molar-refractivity contribution in [2.75, 3.05) is 26.2 Å². The van der Waals surface area contributed by atoms with Gasteiger partial charge in [0.05, 0.1) is 11.2 Å². The highest BCUT2D eigenvalue weighted by Crippen LogP contribution is 2.43. The summed E-state index contributed by atoms with van der Waals surface area (Å²) < 4.78 is 0. The minimum Gasteiger partial charge on any atom is -0.342 e. The van der Waals surface area contributed by atoms with Crippen LogP contribution in [-0.4, -0.2) is 52.8 Å². The molecule has 0 unspecified atom stereocenters. The molecule has 1 aromatic carbocycles. The molecule has 4 rings (SSSR count). The van der Waals surface area contributed by atoms with Crippen molar-refractivity contribution in [3.05, 3.63) is 52.0 Å². The van der Waals surface area contributed by atoms with Gasteiger partial charge in [0.2, 0.25) is 5.91 Å². The molecule has 0 aliphatic carbocycles. The monoisotopic (exact) mass is 439 g/mol. The van der Waals surface area contributed by atoms with Crippen LogP contribution >= 0.6 is 11.3 Å². The minimum atomic E-state index is -0.317. The Morgan fingerprint density at radius 2 is 1.90 bits per heavy atom. The van der Waals surface area contributed by atoms with Crippen molar-refractivity contribution < 1.29 is 9.59 Å². The fourth-order valence-electron chi connectivity index (χ4n) is 5.24. The summed E-state index contributed by atoms with van der Waals surface area (Å²) >= 11 is 1.42. The second kappa shape index (κ2) is 9.51. The van der Waals surface area contributed by atoms with E-state index in [9.17, 15) is 9.59 Å². The number of piperidine rings is 1. The molecule has 2 fully saturated rings. The molecule has 6 heteroatoms. The Kier molecular flexibility index (Phi) is 6.75. The van der Waals surface area contributed by atoms with Crippen LogP contribution in [0.4, 0.5) is 0 Å². The van der Waals surface area contributed by atoms with Gasteiger partial charge in [-0.3, -0.25) is 9.59 Å². The summed E-state index contributed by atoms with van der Waals surface area (Å²) in [6.07, 6.45) is 5.85. The first kappa shape index (κ1) is 22.0. The normalized spacial score (nSPS) is 23.1. The van der Waals surface area contributed by atoms with E-state index in [2.05, 4.69) is 41.1 Å². The van der Waals surface area contributed by atoms with Gasteiger partial charge in [-0.25, -0.2) is 4.98 Å². The molecule has 166 valence electrons. The third-order valence-electron chi connectivity index (χ3n) is 7.29. The summed E-state index contributed by atoms with van der Waals surface area (Å²) in [5, 5.41) is 0. The molecule has 2 amide bonds. The van der Waals surface area contributed by atoms with Crippen LogP contribution in [0.25, 0.3) is 0 Å². The first-order chi connectivity index (χ1) is 15.0. The molecule has 1 aromatic heterocycles. The summed E-state index contributed by atoms with van der Waals surface area (Å²) in [6, 6.07) is 10.4. The Morgan fingerprint density at radius 1 is 1.16 bits per heavy atom. The van der Waals surface area contributed by atoms with E-state index in [4.69, 9.17) is 0 Å². The van der Waals surface area contributed by atoms with Crippen molar-refractivity contribution in [3.63, 3.8) is 0 Å². The Hall–Kier alpha value is -2.21. The van der Waals surface area contributed by atoms with E-state index in [1.165, 1.54) is 16.9 Å². The van der Waals surface area contributed by atoms with Crippen molar-refractivity contribution >= 4 is 23.2 Å². The van der Waals surface area contributed by atoms with Crippen LogP contribution in [-0.2, 0) is 11.2 Å². The molecule has 31 heavy (non-hydrogen) atoms. The predicted molar refractivity (Wildman–Crippen MR) is 124 cm³/mol. The molecule has 2 saturated heterocycles. The molecule has 0 spiro atoms. The molecular weight excluding hydrogens is 406 g/mol. The van der Waals surface area contributed by atoms with Crippen LogP contribution in [0.2, 0.25) is 0 Å². The molecule has 0 saturated carbocycles. The molecule has 2 aliphatic heterocycles. The quantitative estimate of drug-likeness (QED) is 0.686. The molecule has 2 aromatic rings. The molecule has 0 radical (unpaired) electrons. The number of amides is 2. The molecule has 3 heterocycles.